The predicted octanol–water partition coefficient (Wildman–Crippen LogP) is 5.91. The number of rotatable bonds is 8. The summed E-state index contributed by atoms with van der Waals surface area (Å²) in [4.78, 5) is 8.46. The second-order valence-corrected chi connectivity index (χ2v) is 7.71. The molecule has 2 heteroatoms. The number of hydrogen-bond acceptors (Lipinski definition) is 1. The zero-order valence-electron chi connectivity index (χ0n) is 15.5. The standard InChI is InChI=1S/C19H36N2/c1-9-11-16(14(5)10-2)19(7,8)18-20-12-17(21-18)15(6)13(3)4/h12-16H,9-11H2,1-8H3,(H,20,21). The lowest BCUT2D eigenvalue weighted by Crippen LogP contribution is -2.34. The molecule has 1 rings (SSSR count). The summed E-state index contributed by atoms with van der Waals surface area (Å²) < 4.78 is 0. The molecular weight excluding hydrogens is 256 g/mol. The Morgan fingerprint density at radius 2 is 1.76 bits per heavy atom. The van der Waals surface area contributed by atoms with E-state index < -0.39 is 0 Å². The molecule has 0 aromatic carbocycles. The topological polar surface area (TPSA) is 28.7 Å². The first kappa shape index (κ1) is 18.3. The minimum absolute atomic E-state index is 0.111. The van der Waals surface area contributed by atoms with Crippen molar-refractivity contribution in [2.45, 2.75) is 86.0 Å². The highest BCUT2D eigenvalue weighted by molar-refractivity contribution is 5.15. The quantitative estimate of drug-likeness (QED) is 0.634. The number of nitrogens with one attached hydrogen (secondary N) is 1. The van der Waals surface area contributed by atoms with E-state index in [1.54, 1.807) is 0 Å². The van der Waals surface area contributed by atoms with Crippen LogP contribution >= 0.6 is 0 Å². The van der Waals surface area contributed by atoms with Crippen LogP contribution in [0, 0.1) is 17.8 Å². The molecule has 3 unspecified atom stereocenters. The Morgan fingerprint density at radius 1 is 1.14 bits per heavy atom. The van der Waals surface area contributed by atoms with Crippen molar-refractivity contribution in [3.63, 3.8) is 0 Å². The van der Waals surface area contributed by atoms with Gasteiger partial charge in [-0.2, -0.15) is 0 Å². The molecule has 0 saturated heterocycles. The van der Waals surface area contributed by atoms with Crippen LogP contribution in [0.4, 0.5) is 0 Å². The van der Waals surface area contributed by atoms with Crippen molar-refractivity contribution in [2.24, 2.45) is 17.8 Å². The molecule has 0 fully saturated rings. The average molecular weight is 293 g/mol. The summed E-state index contributed by atoms with van der Waals surface area (Å²) in [5.41, 5.74) is 1.33. The number of hydrogen-bond donors (Lipinski definition) is 1. The molecule has 1 heterocycles. The minimum atomic E-state index is 0.111. The summed E-state index contributed by atoms with van der Waals surface area (Å²) >= 11 is 0. The van der Waals surface area contributed by atoms with Crippen LogP contribution in [0.5, 0.6) is 0 Å². The van der Waals surface area contributed by atoms with E-state index >= 15 is 0 Å². The van der Waals surface area contributed by atoms with Gasteiger partial charge in [-0.25, -0.2) is 4.98 Å². The maximum atomic E-state index is 4.97. The summed E-state index contributed by atoms with van der Waals surface area (Å²) in [6.07, 6.45) is 5.89. The maximum absolute atomic E-state index is 4.97. The van der Waals surface area contributed by atoms with Crippen molar-refractivity contribution in [3.05, 3.63) is 17.7 Å². The van der Waals surface area contributed by atoms with Gasteiger partial charge in [-0.3, -0.25) is 0 Å². The molecule has 3 atom stereocenters. The van der Waals surface area contributed by atoms with Gasteiger partial charge in [-0.1, -0.05) is 68.2 Å². The van der Waals surface area contributed by atoms with Gasteiger partial charge in [-0.15, -0.1) is 0 Å². The van der Waals surface area contributed by atoms with E-state index in [1.807, 2.05) is 0 Å². The van der Waals surface area contributed by atoms with Crippen LogP contribution in [0.15, 0.2) is 6.20 Å². The molecule has 0 aliphatic carbocycles. The predicted molar refractivity (Wildman–Crippen MR) is 92.7 cm³/mol. The van der Waals surface area contributed by atoms with Gasteiger partial charge < -0.3 is 4.98 Å². The molecule has 1 aromatic rings. The van der Waals surface area contributed by atoms with E-state index in [-0.39, 0.29) is 5.41 Å². The smallest absolute Gasteiger partial charge is 0.112 e. The Balaban J connectivity index is 3.04. The summed E-state index contributed by atoms with van der Waals surface area (Å²) in [6, 6.07) is 0. The fourth-order valence-corrected chi connectivity index (χ4v) is 3.37. The van der Waals surface area contributed by atoms with E-state index in [0.29, 0.717) is 17.8 Å². The van der Waals surface area contributed by atoms with E-state index in [2.05, 4.69) is 66.6 Å². The van der Waals surface area contributed by atoms with E-state index in [9.17, 15) is 0 Å². The Hall–Kier alpha value is -0.790. The van der Waals surface area contributed by atoms with Crippen molar-refractivity contribution in [1.82, 2.24) is 9.97 Å². The SMILES string of the molecule is CCCC(C(C)CC)C(C)(C)c1nc(C(C)C(C)C)c[nH]1. The molecule has 0 aliphatic heterocycles. The van der Waals surface area contributed by atoms with E-state index in [4.69, 9.17) is 4.98 Å². The van der Waals surface area contributed by atoms with Crippen molar-refractivity contribution in [1.29, 1.82) is 0 Å². The van der Waals surface area contributed by atoms with Gasteiger partial charge in [0, 0.05) is 17.5 Å². The van der Waals surface area contributed by atoms with Crippen molar-refractivity contribution in [3.8, 4) is 0 Å². The van der Waals surface area contributed by atoms with E-state index in [1.165, 1.54) is 30.8 Å². The third kappa shape index (κ3) is 4.11. The van der Waals surface area contributed by atoms with Crippen LogP contribution in [-0.4, -0.2) is 9.97 Å². The van der Waals surface area contributed by atoms with Crippen molar-refractivity contribution < 1.29 is 0 Å². The molecule has 0 bridgehead atoms. The first-order chi connectivity index (χ1) is 9.75. The highest BCUT2D eigenvalue weighted by Crippen LogP contribution is 2.39. The minimum Gasteiger partial charge on any atom is -0.348 e. The average Bonchev–Trinajstić information content (AvgIpc) is 2.93. The maximum Gasteiger partial charge on any atom is 0.112 e. The monoisotopic (exact) mass is 292 g/mol. The number of nitrogens with zero attached hydrogens (tertiary/aromatic N) is 1. The number of imidazole rings is 1. The van der Waals surface area contributed by atoms with Gasteiger partial charge in [-0.05, 0) is 24.2 Å². The third-order valence-electron chi connectivity index (χ3n) is 5.53. The Morgan fingerprint density at radius 3 is 2.24 bits per heavy atom. The first-order valence-corrected chi connectivity index (χ1v) is 8.81. The molecule has 0 aliphatic rings. The summed E-state index contributed by atoms with van der Waals surface area (Å²) in [5, 5.41) is 0. The molecule has 0 saturated carbocycles. The van der Waals surface area contributed by atoms with Crippen LogP contribution in [0.2, 0.25) is 0 Å². The molecule has 1 N–H and O–H groups in total. The van der Waals surface area contributed by atoms with Crippen molar-refractivity contribution in [2.75, 3.05) is 0 Å². The van der Waals surface area contributed by atoms with E-state index in [0.717, 1.165) is 5.92 Å². The first-order valence-electron chi connectivity index (χ1n) is 8.81. The van der Waals surface area contributed by atoms with Gasteiger partial charge >= 0.3 is 0 Å². The van der Waals surface area contributed by atoms with Gasteiger partial charge in [0.05, 0.1) is 5.69 Å². The molecule has 122 valence electrons. The summed E-state index contributed by atoms with van der Waals surface area (Å²) in [7, 11) is 0. The third-order valence-corrected chi connectivity index (χ3v) is 5.53. The molecule has 0 spiro atoms. The second kappa shape index (κ2) is 7.47. The molecular formula is C19H36N2. The molecule has 2 nitrogen and oxygen atoms in total. The molecule has 1 aromatic heterocycles. The lowest BCUT2D eigenvalue weighted by molar-refractivity contribution is 0.197. The highest BCUT2D eigenvalue weighted by Gasteiger charge is 2.36. The lowest BCUT2D eigenvalue weighted by Gasteiger charge is -2.37. The van der Waals surface area contributed by atoms with Crippen LogP contribution in [0.25, 0.3) is 0 Å². The normalized spacial score (nSPS) is 17.0. The fourth-order valence-electron chi connectivity index (χ4n) is 3.37. The van der Waals surface area contributed by atoms with Crippen LogP contribution < -0.4 is 0 Å². The Kier molecular flexibility index (Phi) is 6.49. The summed E-state index contributed by atoms with van der Waals surface area (Å²) in [6.45, 7) is 18.5. The van der Waals surface area contributed by atoms with Crippen LogP contribution in [0.3, 0.4) is 0 Å². The molecule has 0 radical (unpaired) electrons. The van der Waals surface area contributed by atoms with Crippen molar-refractivity contribution >= 4 is 0 Å². The lowest BCUT2D eigenvalue weighted by atomic mass is 9.69. The zero-order valence-corrected chi connectivity index (χ0v) is 15.5. The van der Waals surface area contributed by atoms with Gasteiger partial charge in [0.15, 0.2) is 0 Å². The number of aromatic amines is 1. The summed E-state index contributed by atoms with van der Waals surface area (Å²) in [5.74, 6) is 3.73. The molecule has 0 amide bonds. The Bertz CT molecular complexity index is 417. The number of H-pyrrole nitrogens is 1. The second-order valence-electron chi connectivity index (χ2n) is 7.71. The van der Waals surface area contributed by atoms with Gasteiger partial charge in [0.2, 0.25) is 0 Å². The highest BCUT2D eigenvalue weighted by atomic mass is 14.9. The van der Waals surface area contributed by atoms with Gasteiger partial charge in [0.25, 0.3) is 0 Å². The largest absolute Gasteiger partial charge is 0.348 e. The fraction of sp³-hybridized carbons (Fsp3) is 0.842. The zero-order chi connectivity index (χ0) is 16.2. The number of aromatic nitrogens is 2. The van der Waals surface area contributed by atoms with Gasteiger partial charge in [0.1, 0.15) is 5.82 Å². The molecule has 21 heavy (non-hydrogen) atoms. The van der Waals surface area contributed by atoms with Crippen LogP contribution in [0.1, 0.15) is 92.1 Å². The Labute approximate surface area is 132 Å². The van der Waals surface area contributed by atoms with Crippen LogP contribution in [-0.2, 0) is 5.41 Å².